The normalized spacial score (nSPS) is 16.7. The van der Waals surface area contributed by atoms with Crippen LogP contribution in [0.1, 0.15) is 12.8 Å². The van der Waals surface area contributed by atoms with Crippen LogP contribution in [-0.4, -0.2) is 31.2 Å². The molecule has 6 heteroatoms. The molecule has 1 aromatic rings. The molecule has 1 saturated heterocycles. The van der Waals surface area contributed by atoms with Gasteiger partial charge in [-0.15, -0.1) is 0 Å². The molecule has 4 nitrogen and oxygen atoms in total. The van der Waals surface area contributed by atoms with Gasteiger partial charge in [-0.3, -0.25) is 4.79 Å². The highest BCUT2D eigenvalue weighted by molar-refractivity contribution is 9.10. The van der Waals surface area contributed by atoms with Gasteiger partial charge in [0.2, 0.25) is 0 Å². The SMILES string of the molecule is COC(=O)C1CCN(c2ncc(F)cc2Br)CC1. The van der Waals surface area contributed by atoms with Gasteiger partial charge in [-0.25, -0.2) is 9.37 Å². The Kier molecular flexibility index (Phi) is 4.16. The number of hydrogen-bond acceptors (Lipinski definition) is 4. The molecule has 98 valence electrons. The van der Waals surface area contributed by atoms with Crippen LogP contribution >= 0.6 is 15.9 Å². The number of carbonyl (C=O) groups excluding carboxylic acids is 1. The molecule has 1 aliphatic heterocycles. The van der Waals surface area contributed by atoms with Crippen LogP contribution in [0.3, 0.4) is 0 Å². The summed E-state index contributed by atoms with van der Waals surface area (Å²) in [6, 6.07) is 1.40. The summed E-state index contributed by atoms with van der Waals surface area (Å²) in [6.45, 7) is 1.44. The van der Waals surface area contributed by atoms with E-state index in [9.17, 15) is 9.18 Å². The van der Waals surface area contributed by atoms with Crippen LogP contribution < -0.4 is 4.90 Å². The molecule has 2 heterocycles. The van der Waals surface area contributed by atoms with Gasteiger partial charge in [0.15, 0.2) is 0 Å². The first-order chi connectivity index (χ1) is 8.61. The minimum absolute atomic E-state index is 0.0366. The lowest BCUT2D eigenvalue weighted by molar-refractivity contribution is -0.146. The predicted octanol–water partition coefficient (Wildman–Crippen LogP) is 2.37. The van der Waals surface area contributed by atoms with Crippen molar-refractivity contribution >= 4 is 27.7 Å². The third kappa shape index (κ3) is 2.80. The second kappa shape index (κ2) is 5.65. The number of rotatable bonds is 2. The van der Waals surface area contributed by atoms with E-state index in [1.807, 2.05) is 4.90 Å². The fourth-order valence-electron chi connectivity index (χ4n) is 2.13. The Morgan fingerprint density at radius 3 is 2.78 bits per heavy atom. The first-order valence-corrected chi connectivity index (χ1v) is 6.55. The molecule has 0 bridgehead atoms. The number of nitrogens with zero attached hydrogens (tertiary/aromatic N) is 2. The summed E-state index contributed by atoms with van der Waals surface area (Å²) in [6.07, 6.45) is 2.67. The molecule has 0 N–H and O–H groups in total. The fraction of sp³-hybridized carbons (Fsp3) is 0.500. The molecule has 1 fully saturated rings. The van der Waals surface area contributed by atoms with Crippen LogP contribution in [0.25, 0.3) is 0 Å². The van der Waals surface area contributed by atoms with Gasteiger partial charge in [-0.05, 0) is 34.8 Å². The number of pyridine rings is 1. The lowest BCUT2D eigenvalue weighted by Crippen LogP contribution is -2.37. The third-order valence-corrected chi connectivity index (χ3v) is 3.70. The van der Waals surface area contributed by atoms with Crippen molar-refractivity contribution in [3.8, 4) is 0 Å². The van der Waals surface area contributed by atoms with E-state index in [4.69, 9.17) is 4.74 Å². The second-order valence-electron chi connectivity index (χ2n) is 4.24. The number of esters is 1. The summed E-state index contributed by atoms with van der Waals surface area (Å²) < 4.78 is 18.3. The van der Waals surface area contributed by atoms with E-state index >= 15 is 0 Å². The molecule has 18 heavy (non-hydrogen) atoms. The van der Waals surface area contributed by atoms with E-state index < -0.39 is 0 Å². The summed E-state index contributed by atoms with van der Waals surface area (Å²) in [5.41, 5.74) is 0. The number of ether oxygens (including phenoxy) is 1. The first kappa shape index (κ1) is 13.3. The molecule has 0 saturated carbocycles. The second-order valence-corrected chi connectivity index (χ2v) is 5.10. The highest BCUT2D eigenvalue weighted by Crippen LogP contribution is 2.28. The molecule has 0 amide bonds. The van der Waals surface area contributed by atoms with Crippen molar-refractivity contribution in [1.29, 1.82) is 0 Å². The van der Waals surface area contributed by atoms with E-state index in [2.05, 4.69) is 20.9 Å². The van der Waals surface area contributed by atoms with E-state index in [-0.39, 0.29) is 17.7 Å². The van der Waals surface area contributed by atoms with E-state index in [0.29, 0.717) is 4.47 Å². The van der Waals surface area contributed by atoms with Crippen LogP contribution in [0, 0.1) is 11.7 Å². The maximum absolute atomic E-state index is 13.0. The maximum Gasteiger partial charge on any atom is 0.308 e. The van der Waals surface area contributed by atoms with Crippen molar-refractivity contribution in [2.75, 3.05) is 25.1 Å². The zero-order valence-corrected chi connectivity index (χ0v) is 11.6. The molecular formula is C12H14BrFN2O2. The summed E-state index contributed by atoms with van der Waals surface area (Å²) in [5.74, 6) is 0.168. The van der Waals surface area contributed by atoms with Gasteiger partial charge in [0.25, 0.3) is 0 Å². The summed E-state index contributed by atoms with van der Waals surface area (Å²) >= 11 is 3.30. The van der Waals surface area contributed by atoms with Crippen molar-refractivity contribution in [3.63, 3.8) is 0 Å². The molecule has 1 aliphatic rings. The molecule has 0 atom stereocenters. The molecule has 0 aromatic carbocycles. The van der Waals surface area contributed by atoms with Gasteiger partial charge in [0, 0.05) is 13.1 Å². The Bertz CT molecular complexity index is 448. The molecule has 0 aliphatic carbocycles. The molecule has 2 rings (SSSR count). The van der Waals surface area contributed by atoms with Gasteiger partial charge in [0.05, 0.1) is 23.7 Å². The summed E-state index contributed by atoms with van der Waals surface area (Å²) in [5, 5.41) is 0. The third-order valence-electron chi connectivity index (χ3n) is 3.12. The number of hydrogen-bond donors (Lipinski definition) is 0. The monoisotopic (exact) mass is 316 g/mol. The highest BCUT2D eigenvalue weighted by Gasteiger charge is 2.26. The minimum atomic E-state index is -0.366. The Labute approximate surface area is 113 Å². The topological polar surface area (TPSA) is 42.4 Å². The average molecular weight is 317 g/mol. The number of anilines is 1. The Balaban J connectivity index is 2.03. The Morgan fingerprint density at radius 2 is 2.22 bits per heavy atom. The van der Waals surface area contributed by atoms with Gasteiger partial charge < -0.3 is 9.64 Å². The average Bonchev–Trinajstić information content (AvgIpc) is 2.38. The van der Waals surface area contributed by atoms with Crippen LogP contribution in [0.5, 0.6) is 0 Å². The van der Waals surface area contributed by atoms with Gasteiger partial charge in [-0.2, -0.15) is 0 Å². The van der Waals surface area contributed by atoms with Gasteiger partial charge >= 0.3 is 5.97 Å². The minimum Gasteiger partial charge on any atom is -0.469 e. The number of methoxy groups -OCH3 is 1. The molecule has 0 spiro atoms. The smallest absolute Gasteiger partial charge is 0.308 e. The molecule has 0 unspecified atom stereocenters. The van der Waals surface area contributed by atoms with Crippen molar-refractivity contribution in [2.45, 2.75) is 12.8 Å². The molecule has 1 aromatic heterocycles. The first-order valence-electron chi connectivity index (χ1n) is 5.75. The zero-order chi connectivity index (χ0) is 13.1. The van der Waals surface area contributed by atoms with Crippen molar-refractivity contribution in [1.82, 2.24) is 4.98 Å². The molecular weight excluding hydrogens is 303 g/mol. The van der Waals surface area contributed by atoms with Crippen LogP contribution in [0.4, 0.5) is 10.2 Å². The molecule has 0 radical (unpaired) electrons. The van der Waals surface area contributed by atoms with Gasteiger partial charge in [0.1, 0.15) is 11.6 Å². The van der Waals surface area contributed by atoms with Gasteiger partial charge in [-0.1, -0.05) is 0 Å². The van der Waals surface area contributed by atoms with E-state index in [1.165, 1.54) is 19.4 Å². The van der Waals surface area contributed by atoms with Crippen molar-refractivity contribution < 1.29 is 13.9 Å². The Morgan fingerprint density at radius 1 is 1.56 bits per heavy atom. The summed E-state index contributed by atoms with van der Waals surface area (Å²) in [4.78, 5) is 17.5. The zero-order valence-electron chi connectivity index (χ0n) is 10.0. The standard InChI is InChI=1S/C12H14BrFN2O2/c1-18-12(17)8-2-4-16(5-3-8)11-10(13)6-9(14)7-15-11/h6-8H,2-5H2,1H3. The largest absolute Gasteiger partial charge is 0.469 e. The van der Waals surface area contributed by atoms with Crippen molar-refractivity contribution in [2.24, 2.45) is 5.92 Å². The lowest BCUT2D eigenvalue weighted by atomic mass is 9.97. The lowest BCUT2D eigenvalue weighted by Gasteiger charge is -2.32. The van der Waals surface area contributed by atoms with Crippen LogP contribution in [0.15, 0.2) is 16.7 Å². The summed E-state index contributed by atoms with van der Waals surface area (Å²) in [7, 11) is 1.41. The number of piperidine rings is 1. The fourth-order valence-corrected chi connectivity index (χ4v) is 2.71. The quantitative estimate of drug-likeness (QED) is 0.786. The predicted molar refractivity (Wildman–Crippen MR) is 68.8 cm³/mol. The number of carbonyl (C=O) groups is 1. The van der Waals surface area contributed by atoms with E-state index in [0.717, 1.165) is 31.7 Å². The van der Waals surface area contributed by atoms with Crippen LogP contribution in [0.2, 0.25) is 0 Å². The number of aromatic nitrogens is 1. The van der Waals surface area contributed by atoms with E-state index in [1.54, 1.807) is 0 Å². The highest BCUT2D eigenvalue weighted by atomic mass is 79.9. The maximum atomic E-state index is 13.0. The Hall–Kier alpha value is -1.17. The number of halogens is 2. The van der Waals surface area contributed by atoms with Crippen LogP contribution in [-0.2, 0) is 9.53 Å². The van der Waals surface area contributed by atoms with Crippen molar-refractivity contribution in [3.05, 3.63) is 22.6 Å².